The summed E-state index contributed by atoms with van der Waals surface area (Å²) in [5, 5.41) is 9.87. The zero-order chi connectivity index (χ0) is 18.4. The summed E-state index contributed by atoms with van der Waals surface area (Å²) in [5.74, 6) is 0.684. The smallest absolute Gasteiger partial charge is 0.118 e. The van der Waals surface area contributed by atoms with Gasteiger partial charge in [-0.2, -0.15) is 0 Å². The van der Waals surface area contributed by atoms with Crippen LogP contribution < -0.4 is 4.90 Å². The topological polar surface area (TPSA) is 29.6 Å². The van der Waals surface area contributed by atoms with E-state index in [9.17, 15) is 5.11 Å². The second-order valence-electron chi connectivity index (χ2n) is 8.31. The first-order valence-corrected chi connectivity index (χ1v) is 9.48. The van der Waals surface area contributed by atoms with E-state index in [0.717, 1.165) is 19.6 Å². The molecule has 1 aromatic carbocycles. The number of quaternary nitrogens is 1. The Morgan fingerprint density at radius 1 is 1.12 bits per heavy atom. The summed E-state index contributed by atoms with van der Waals surface area (Å²) in [5.41, 5.74) is 3.91. The van der Waals surface area contributed by atoms with Crippen LogP contribution in [0.15, 0.2) is 42.6 Å². The van der Waals surface area contributed by atoms with E-state index in [-0.39, 0.29) is 12.1 Å². The van der Waals surface area contributed by atoms with Crippen LogP contribution in [-0.2, 0) is 13.1 Å². The number of aliphatic hydroxyl groups is 1. The summed E-state index contributed by atoms with van der Waals surface area (Å²) in [6.45, 7) is 14.2. The van der Waals surface area contributed by atoms with E-state index in [4.69, 9.17) is 0 Å². The van der Waals surface area contributed by atoms with Crippen LogP contribution in [-0.4, -0.2) is 28.4 Å². The molecule has 0 aliphatic heterocycles. The average Bonchev–Trinajstić information content (AvgIpc) is 3.00. The third-order valence-corrected chi connectivity index (χ3v) is 5.30. The Bertz CT molecular complexity index is 658. The van der Waals surface area contributed by atoms with Crippen LogP contribution in [0.25, 0.3) is 0 Å². The molecule has 0 fully saturated rings. The van der Waals surface area contributed by atoms with Crippen molar-refractivity contribution in [1.82, 2.24) is 4.57 Å². The van der Waals surface area contributed by atoms with Gasteiger partial charge in [-0.25, -0.2) is 0 Å². The molecule has 0 saturated heterocycles. The number of rotatable bonds is 9. The summed E-state index contributed by atoms with van der Waals surface area (Å²) in [6, 6.07) is 13.0. The average molecular weight is 344 g/mol. The molecule has 0 aliphatic rings. The Balaban J connectivity index is 2.17. The lowest BCUT2D eigenvalue weighted by atomic mass is 10.0. The molecular formula is C22H35N2O+. The van der Waals surface area contributed by atoms with E-state index in [2.05, 4.69) is 81.8 Å². The fourth-order valence-electron chi connectivity index (χ4n) is 3.19. The number of hydrogen-bond donors (Lipinski definition) is 2. The highest BCUT2D eigenvalue weighted by atomic mass is 16.3. The Hall–Kier alpha value is -1.58. The largest absolute Gasteiger partial charge is 0.390 e. The summed E-state index contributed by atoms with van der Waals surface area (Å²) >= 11 is 0. The number of hydrogen-bond acceptors (Lipinski definition) is 1. The van der Waals surface area contributed by atoms with Crippen LogP contribution in [0.4, 0.5) is 0 Å². The van der Waals surface area contributed by atoms with Crippen molar-refractivity contribution in [1.29, 1.82) is 0 Å². The van der Waals surface area contributed by atoms with E-state index in [1.54, 1.807) is 0 Å². The van der Waals surface area contributed by atoms with Gasteiger partial charge in [0.05, 0.1) is 18.8 Å². The molecule has 1 atom stereocenters. The van der Waals surface area contributed by atoms with Gasteiger partial charge >= 0.3 is 0 Å². The quantitative estimate of drug-likeness (QED) is 0.720. The molecule has 2 aromatic rings. The molecular weight excluding hydrogens is 308 g/mol. The lowest BCUT2D eigenvalue weighted by molar-refractivity contribution is -0.963. The monoisotopic (exact) mass is 343 g/mol. The van der Waals surface area contributed by atoms with Crippen molar-refractivity contribution in [2.24, 2.45) is 5.92 Å². The molecule has 1 heterocycles. The number of aryl methyl sites for hydroxylation is 1. The summed E-state index contributed by atoms with van der Waals surface area (Å²) in [7, 11) is 0. The molecule has 0 spiro atoms. The molecule has 0 aliphatic carbocycles. The van der Waals surface area contributed by atoms with E-state index in [0.29, 0.717) is 5.92 Å². The molecule has 2 N–H and O–H groups in total. The van der Waals surface area contributed by atoms with E-state index in [1.165, 1.54) is 28.1 Å². The minimum atomic E-state index is -0.132. The van der Waals surface area contributed by atoms with Gasteiger partial charge in [-0.15, -0.1) is 0 Å². The van der Waals surface area contributed by atoms with Gasteiger partial charge < -0.3 is 14.6 Å². The van der Waals surface area contributed by atoms with Crippen molar-refractivity contribution < 1.29 is 10.0 Å². The molecule has 1 aromatic heterocycles. The standard InChI is InChI=1S/C22H34N2O/c1-18(2)12-14-24(22(4,5)17-25)16-21-11-8-13-23(21)15-20-10-7-6-9-19(20)3/h6-11,13,18,25H,12,14-17H2,1-5H3/p+1. The van der Waals surface area contributed by atoms with E-state index < -0.39 is 0 Å². The molecule has 3 nitrogen and oxygen atoms in total. The Morgan fingerprint density at radius 2 is 1.84 bits per heavy atom. The first kappa shape index (κ1) is 19.7. The number of benzene rings is 1. The van der Waals surface area contributed by atoms with Crippen molar-refractivity contribution in [3.8, 4) is 0 Å². The van der Waals surface area contributed by atoms with Crippen LogP contribution in [0.5, 0.6) is 0 Å². The van der Waals surface area contributed by atoms with Crippen LogP contribution >= 0.6 is 0 Å². The van der Waals surface area contributed by atoms with Gasteiger partial charge in [0, 0.05) is 12.7 Å². The molecule has 3 heteroatoms. The lowest BCUT2D eigenvalue weighted by Crippen LogP contribution is -3.19. The predicted molar refractivity (Wildman–Crippen MR) is 105 cm³/mol. The summed E-state index contributed by atoms with van der Waals surface area (Å²) in [4.78, 5) is 1.45. The van der Waals surface area contributed by atoms with Crippen LogP contribution in [0.1, 0.15) is 50.9 Å². The van der Waals surface area contributed by atoms with E-state index in [1.807, 2.05) is 0 Å². The van der Waals surface area contributed by atoms with Crippen molar-refractivity contribution in [3.05, 3.63) is 59.4 Å². The maximum Gasteiger partial charge on any atom is 0.118 e. The molecule has 0 radical (unpaired) electrons. The van der Waals surface area contributed by atoms with Crippen LogP contribution in [0, 0.1) is 12.8 Å². The van der Waals surface area contributed by atoms with Crippen LogP contribution in [0.2, 0.25) is 0 Å². The SMILES string of the molecule is Cc1ccccc1Cn1cccc1C[NH+](CCC(C)C)C(C)(C)CO. The lowest BCUT2D eigenvalue weighted by Gasteiger charge is -2.34. The maximum absolute atomic E-state index is 9.87. The first-order valence-electron chi connectivity index (χ1n) is 9.48. The van der Waals surface area contributed by atoms with Crippen LogP contribution in [0.3, 0.4) is 0 Å². The second kappa shape index (κ2) is 8.68. The van der Waals surface area contributed by atoms with Gasteiger partial charge in [-0.05, 0) is 56.4 Å². The highest BCUT2D eigenvalue weighted by Crippen LogP contribution is 2.12. The van der Waals surface area contributed by atoms with Crippen molar-refractivity contribution in [2.45, 2.75) is 59.7 Å². The van der Waals surface area contributed by atoms with E-state index >= 15 is 0 Å². The number of aromatic nitrogens is 1. The van der Waals surface area contributed by atoms with Gasteiger partial charge in [0.2, 0.25) is 0 Å². The Morgan fingerprint density at radius 3 is 2.48 bits per heavy atom. The first-order chi connectivity index (χ1) is 11.8. The molecule has 0 bridgehead atoms. The predicted octanol–water partition coefficient (Wildman–Crippen LogP) is 3.05. The normalized spacial score (nSPS) is 13.4. The fourth-order valence-corrected chi connectivity index (χ4v) is 3.19. The fraction of sp³-hybridized carbons (Fsp3) is 0.545. The van der Waals surface area contributed by atoms with Gasteiger partial charge in [-0.3, -0.25) is 0 Å². The number of nitrogens with zero attached hydrogens (tertiary/aromatic N) is 1. The van der Waals surface area contributed by atoms with Gasteiger partial charge in [-0.1, -0.05) is 38.1 Å². The highest BCUT2D eigenvalue weighted by Gasteiger charge is 2.30. The van der Waals surface area contributed by atoms with Gasteiger partial charge in [0.25, 0.3) is 0 Å². The molecule has 0 saturated carbocycles. The summed E-state index contributed by atoms with van der Waals surface area (Å²) in [6.07, 6.45) is 3.35. The minimum absolute atomic E-state index is 0.132. The second-order valence-corrected chi connectivity index (χ2v) is 8.31. The number of aliphatic hydroxyl groups excluding tert-OH is 1. The third kappa shape index (κ3) is 5.45. The molecule has 1 unspecified atom stereocenters. The minimum Gasteiger partial charge on any atom is -0.390 e. The third-order valence-electron chi connectivity index (χ3n) is 5.30. The molecule has 2 rings (SSSR count). The molecule has 138 valence electrons. The van der Waals surface area contributed by atoms with Crippen molar-refractivity contribution >= 4 is 0 Å². The number of nitrogens with one attached hydrogen (secondary N) is 1. The zero-order valence-corrected chi connectivity index (χ0v) is 16.5. The zero-order valence-electron chi connectivity index (χ0n) is 16.5. The summed E-state index contributed by atoms with van der Waals surface area (Å²) < 4.78 is 2.35. The van der Waals surface area contributed by atoms with Gasteiger partial charge in [0.15, 0.2) is 0 Å². The van der Waals surface area contributed by atoms with Crippen molar-refractivity contribution in [2.75, 3.05) is 13.2 Å². The Kier molecular flexibility index (Phi) is 6.86. The Labute approximate surface area is 153 Å². The van der Waals surface area contributed by atoms with Gasteiger partial charge in [0.1, 0.15) is 12.1 Å². The maximum atomic E-state index is 9.87. The highest BCUT2D eigenvalue weighted by molar-refractivity contribution is 5.26. The molecule has 0 amide bonds. The van der Waals surface area contributed by atoms with Crippen molar-refractivity contribution in [3.63, 3.8) is 0 Å². The molecule has 25 heavy (non-hydrogen) atoms.